The molecule has 14 heteroatoms. The molecule has 2 saturated heterocycles. The van der Waals surface area contributed by atoms with Gasteiger partial charge in [-0.1, -0.05) is 287 Å². The molecule has 2 heterocycles. The van der Waals surface area contributed by atoms with Crippen molar-refractivity contribution in [1.29, 1.82) is 0 Å². The van der Waals surface area contributed by atoms with E-state index in [2.05, 4.69) is 55.6 Å². The first-order valence-electron chi connectivity index (χ1n) is 35.9. The van der Waals surface area contributed by atoms with Crippen LogP contribution >= 0.6 is 0 Å². The fraction of sp³-hybridized carbons (Fsp3) is 0.875. The Morgan fingerprint density at radius 1 is 0.419 bits per heavy atom. The Kier molecular flexibility index (Phi) is 53.0. The molecule has 14 nitrogen and oxygen atoms in total. The summed E-state index contributed by atoms with van der Waals surface area (Å²) < 4.78 is 22.9. The predicted octanol–water partition coefficient (Wildman–Crippen LogP) is 14.7. The van der Waals surface area contributed by atoms with Gasteiger partial charge in [-0.2, -0.15) is 0 Å². The molecule has 0 aliphatic carbocycles. The smallest absolute Gasteiger partial charge is 0.220 e. The van der Waals surface area contributed by atoms with E-state index in [4.69, 9.17) is 18.9 Å². The molecule has 2 rings (SSSR count). The quantitative estimate of drug-likeness (QED) is 0.0204. The standard InChI is InChI=1S/C72H133NO13/c1-3-5-7-9-11-13-15-17-19-21-23-25-27-29-30-32-33-35-37-39-41-43-45-47-49-51-53-55-61(76)60(59-83-71-69(82)67(80)70(63(58-75)85-71)86-72-68(81)66(79)65(78)62(57-74)84-72)73-64(77)56-54-52-50-48-46-44-42-40-38-36-34-31-28-26-24-22-20-18-16-14-12-10-8-6-4-2/h16,18,22,24,45,47,53,55,60-63,65-72,74-76,78-82H,3-15,17,19-21,23,25-44,46,48-52,54,56-59H2,1-2H3,(H,73,77)/b18-16-,24-22-,47-45+,55-53+. The van der Waals surface area contributed by atoms with Crippen molar-refractivity contribution in [2.24, 2.45) is 0 Å². The summed E-state index contributed by atoms with van der Waals surface area (Å²) in [5.41, 5.74) is 0. The third-order valence-electron chi connectivity index (χ3n) is 17.5. The maximum Gasteiger partial charge on any atom is 0.220 e. The van der Waals surface area contributed by atoms with E-state index in [1.165, 1.54) is 238 Å². The second-order valence-corrected chi connectivity index (χ2v) is 25.4. The Hall–Kier alpha value is -2.05. The number of carbonyl (C=O) groups is 1. The summed E-state index contributed by atoms with van der Waals surface area (Å²) in [5.74, 6) is -0.247. The Morgan fingerprint density at radius 3 is 1.21 bits per heavy atom. The Bertz CT molecular complexity index is 1630. The molecule has 12 unspecified atom stereocenters. The minimum atomic E-state index is -1.79. The first-order chi connectivity index (χ1) is 42.1. The highest BCUT2D eigenvalue weighted by atomic mass is 16.7. The van der Waals surface area contributed by atoms with Crippen molar-refractivity contribution in [1.82, 2.24) is 5.32 Å². The van der Waals surface area contributed by atoms with Crippen molar-refractivity contribution in [2.45, 2.75) is 383 Å². The van der Waals surface area contributed by atoms with Crippen molar-refractivity contribution < 1.29 is 64.6 Å². The van der Waals surface area contributed by atoms with Crippen molar-refractivity contribution >= 4 is 5.91 Å². The van der Waals surface area contributed by atoms with Crippen LogP contribution in [0.25, 0.3) is 0 Å². The Morgan fingerprint density at radius 2 is 0.779 bits per heavy atom. The zero-order valence-corrected chi connectivity index (χ0v) is 54.8. The molecule has 0 saturated carbocycles. The molecular weight excluding hydrogens is 1090 g/mol. The van der Waals surface area contributed by atoms with Crippen LogP contribution in [0.15, 0.2) is 48.6 Å². The first-order valence-corrected chi connectivity index (χ1v) is 35.9. The van der Waals surface area contributed by atoms with E-state index in [0.29, 0.717) is 12.8 Å². The average molecular weight is 1220 g/mol. The van der Waals surface area contributed by atoms with Gasteiger partial charge in [0.05, 0.1) is 32.0 Å². The van der Waals surface area contributed by atoms with Crippen LogP contribution in [0.2, 0.25) is 0 Å². The minimum absolute atomic E-state index is 0.247. The fourth-order valence-electron chi connectivity index (χ4n) is 11.8. The van der Waals surface area contributed by atoms with Crippen LogP contribution < -0.4 is 5.32 Å². The number of rotatable bonds is 59. The number of ether oxygens (including phenoxy) is 4. The molecule has 0 aromatic rings. The maximum absolute atomic E-state index is 13.3. The van der Waals surface area contributed by atoms with Crippen molar-refractivity contribution in [3.63, 3.8) is 0 Å². The van der Waals surface area contributed by atoms with Gasteiger partial charge in [0.25, 0.3) is 0 Å². The van der Waals surface area contributed by atoms with E-state index >= 15 is 0 Å². The lowest BCUT2D eigenvalue weighted by Gasteiger charge is -2.46. The Labute approximate surface area is 524 Å². The zero-order valence-electron chi connectivity index (χ0n) is 54.8. The molecule has 0 spiro atoms. The topological polar surface area (TPSA) is 228 Å². The number of hydrogen-bond donors (Lipinski definition) is 9. The van der Waals surface area contributed by atoms with Gasteiger partial charge in [0.15, 0.2) is 12.6 Å². The van der Waals surface area contributed by atoms with Gasteiger partial charge in [0.2, 0.25) is 5.91 Å². The highest BCUT2D eigenvalue weighted by Crippen LogP contribution is 2.30. The van der Waals surface area contributed by atoms with Crippen LogP contribution in [0.1, 0.15) is 309 Å². The summed E-state index contributed by atoms with van der Waals surface area (Å²) >= 11 is 0. The van der Waals surface area contributed by atoms with Gasteiger partial charge in [-0.05, 0) is 64.2 Å². The summed E-state index contributed by atoms with van der Waals surface area (Å²) in [6.45, 7) is 2.81. The lowest BCUT2D eigenvalue weighted by atomic mass is 9.97. The second kappa shape index (κ2) is 56.9. The number of carbonyl (C=O) groups excluding carboxylic acids is 1. The summed E-state index contributed by atoms with van der Waals surface area (Å²) in [5, 5.41) is 87.4. The summed E-state index contributed by atoms with van der Waals surface area (Å²) in [6, 6.07) is -0.934. The molecule has 9 N–H and O–H groups in total. The van der Waals surface area contributed by atoms with Crippen LogP contribution in [0.5, 0.6) is 0 Å². The SMILES string of the molecule is CCCCCCC/C=C\C/C=C\CCCCCCCCCCCCCCCC(=O)NC(COC1OC(CO)C(OC2OC(CO)C(O)C(O)C2O)C(O)C1O)C(O)/C=C/CC/C=C/CCCCCCCCCCCCCCCCCCCCCCC. The summed E-state index contributed by atoms with van der Waals surface area (Å²) in [6.07, 6.45) is 57.4. The van der Waals surface area contributed by atoms with Gasteiger partial charge in [-0.15, -0.1) is 0 Å². The summed E-state index contributed by atoms with van der Waals surface area (Å²) in [7, 11) is 0. The van der Waals surface area contributed by atoms with Gasteiger partial charge >= 0.3 is 0 Å². The molecule has 0 bridgehead atoms. The average Bonchev–Trinajstić information content (AvgIpc) is 2.54. The molecule has 86 heavy (non-hydrogen) atoms. The van der Waals surface area contributed by atoms with Crippen LogP contribution in [0.3, 0.4) is 0 Å². The van der Waals surface area contributed by atoms with Crippen LogP contribution in [0.4, 0.5) is 0 Å². The highest BCUT2D eigenvalue weighted by Gasteiger charge is 2.51. The molecule has 1 amide bonds. The molecule has 2 fully saturated rings. The van der Waals surface area contributed by atoms with Gasteiger partial charge in [0, 0.05) is 6.42 Å². The number of unbranched alkanes of at least 4 members (excludes halogenated alkanes) is 40. The minimum Gasteiger partial charge on any atom is -0.394 e. The molecule has 2 aliphatic heterocycles. The van der Waals surface area contributed by atoms with E-state index in [1.54, 1.807) is 6.08 Å². The van der Waals surface area contributed by atoms with Crippen molar-refractivity contribution in [2.75, 3.05) is 19.8 Å². The van der Waals surface area contributed by atoms with E-state index in [-0.39, 0.29) is 18.9 Å². The van der Waals surface area contributed by atoms with Crippen LogP contribution in [0, 0.1) is 0 Å². The molecular formula is C72H133NO13. The summed E-state index contributed by atoms with van der Waals surface area (Å²) in [4.78, 5) is 13.3. The zero-order chi connectivity index (χ0) is 62.3. The van der Waals surface area contributed by atoms with Gasteiger partial charge in [-0.3, -0.25) is 4.79 Å². The molecule has 504 valence electrons. The highest BCUT2D eigenvalue weighted by molar-refractivity contribution is 5.76. The van der Waals surface area contributed by atoms with E-state index in [1.807, 2.05) is 6.08 Å². The molecule has 0 radical (unpaired) electrons. The third-order valence-corrected chi connectivity index (χ3v) is 17.5. The largest absolute Gasteiger partial charge is 0.394 e. The van der Waals surface area contributed by atoms with E-state index in [9.17, 15) is 45.6 Å². The third kappa shape index (κ3) is 40.6. The van der Waals surface area contributed by atoms with E-state index < -0.39 is 86.8 Å². The van der Waals surface area contributed by atoms with Gasteiger partial charge in [-0.25, -0.2) is 0 Å². The lowest BCUT2D eigenvalue weighted by molar-refractivity contribution is -0.359. The van der Waals surface area contributed by atoms with Crippen LogP contribution in [-0.4, -0.2) is 140 Å². The van der Waals surface area contributed by atoms with Gasteiger partial charge < -0.3 is 65.1 Å². The lowest BCUT2D eigenvalue weighted by Crippen LogP contribution is -2.65. The Balaban J connectivity index is 1.69. The second-order valence-electron chi connectivity index (χ2n) is 25.4. The monoisotopic (exact) mass is 1220 g/mol. The van der Waals surface area contributed by atoms with Gasteiger partial charge in [0.1, 0.15) is 48.8 Å². The number of aliphatic hydroxyl groups excluding tert-OH is 8. The number of amides is 1. The van der Waals surface area contributed by atoms with E-state index in [0.717, 1.165) is 38.5 Å². The molecule has 12 atom stereocenters. The maximum atomic E-state index is 13.3. The first kappa shape index (κ1) is 80.0. The molecule has 2 aliphatic rings. The number of nitrogens with one attached hydrogen (secondary N) is 1. The predicted molar refractivity (Wildman–Crippen MR) is 351 cm³/mol. The number of allylic oxidation sites excluding steroid dienone is 7. The fourth-order valence-corrected chi connectivity index (χ4v) is 11.8. The number of aliphatic hydroxyl groups is 8. The normalized spacial score (nSPS) is 23.7. The number of hydrogen-bond acceptors (Lipinski definition) is 13. The van der Waals surface area contributed by atoms with Crippen molar-refractivity contribution in [3.05, 3.63) is 48.6 Å². The molecule has 0 aromatic carbocycles. The van der Waals surface area contributed by atoms with Crippen molar-refractivity contribution in [3.8, 4) is 0 Å². The molecule has 0 aromatic heterocycles. The van der Waals surface area contributed by atoms with Crippen LogP contribution in [-0.2, 0) is 23.7 Å².